The second kappa shape index (κ2) is 24.6. The molecular formula is C25H52N2O3. The van der Waals surface area contributed by atoms with Crippen molar-refractivity contribution in [2.75, 3.05) is 39.4 Å². The number of carbonyl (C=O) groups is 1. The van der Waals surface area contributed by atoms with Gasteiger partial charge in [0, 0.05) is 13.0 Å². The van der Waals surface area contributed by atoms with Crippen molar-refractivity contribution in [1.82, 2.24) is 4.90 Å². The van der Waals surface area contributed by atoms with Gasteiger partial charge in [-0.3, -0.25) is 4.79 Å². The Hall–Kier alpha value is -0.650. The number of rotatable bonds is 24. The summed E-state index contributed by atoms with van der Waals surface area (Å²) in [6.45, 7) is 6.63. The van der Waals surface area contributed by atoms with E-state index in [9.17, 15) is 9.90 Å². The van der Waals surface area contributed by atoms with E-state index in [1.807, 2.05) is 0 Å². The summed E-state index contributed by atoms with van der Waals surface area (Å²) < 4.78 is 5.36. The van der Waals surface area contributed by atoms with Gasteiger partial charge in [-0.25, -0.2) is 0 Å². The summed E-state index contributed by atoms with van der Waals surface area (Å²) in [4.78, 5) is 14.2. The number of ether oxygens (including phenoxy) is 1. The first-order valence-corrected chi connectivity index (χ1v) is 12.9. The standard InChI is InChI=1S/C25H52N2O3/c1-2-3-4-5-6-7-8-11-17-24-30-25(29)18-13-12-16-21-27(22-23-28)20-15-10-9-14-19-26/h28H,2-24,26H2,1H3. The van der Waals surface area contributed by atoms with Gasteiger partial charge in [0.15, 0.2) is 0 Å². The van der Waals surface area contributed by atoms with Gasteiger partial charge in [0.2, 0.25) is 0 Å². The van der Waals surface area contributed by atoms with Gasteiger partial charge in [-0.1, -0.05) is 77.6 Å². The fourth-order valence-corrected chi connectivity index (χ4v) is 3.76. The van der Waals surface area contributed by atoms with E-state index >= 15 is 0 Å². The van der Waals surface area contributed by atoms with Gasteiger partial charge in [0.05, 0.1) is 13.2 Å². The molecule has 0 aliphatic rings. The lowest BCUT2D eigenvalue weighted by Gasteiger charge is -2.21. The summed E-state index contributed by atoms with van der Waals surface area (Å²) in [6, 6.07) is 0. The molecule has 0 heterocycles. The Bertz CT molecular complexity index is 353. The monoisotopic (exact) mass is 428 g/mol. The van der Waals surface area contributed by atoms with Crippen LogP contribution in [0.15, 0.2) is 0 Å². The van der Waals surface area contributed by atoms with Crippen LogP contribution >= 0.6 is 0 Å². The Morgan fingerprint density at radius 3 is 1.87 bits per heavy atom. The summed E-state index contributed by atoms with van der Waals surface area (Å²) in [5.74, 6) is -0.0401. The molecule has 0 atom stereocenters. The van der Waals surface area contributed by atoms with Crippen LogP contribution in [0.4, 0.5) is 0 Å². The van der Waals surface area contributed by atoms with Crippen molar-refractivity contribution in [2.24, 2.45) is 5.73 Å². The third-order valence-electron chi connectivity index (χ3n) is 5.71. The van der Waals surface area contributed by atoms with Gasteiger partial charge in [-0.05, 0) is 51.7 Å². The van der Waals surface area contributed by atoms with E-state index in [0.29, 0.717) is 13.0 Å². The van der Waals surface area contributed by atoms with Crippen molar-refractivity contribution in [3.63, 3.8) is 0 Å². The van der Waals surface area contributed by atoms with Crippen LogP contribution in [0.5, 0.6) is 0 Å². The lowest BCUT2D eigenvalue weighted by molar-refractivity contribution is -0.143. The highest BCUT2D eigenvalue weighted by Crippen LogP contribution is 2.10. The summed E-state index contributed by atoms with van der Waals surface area (Å²) >= 11 is 0. The number of unbranched alkanes of at least 4 members (excludes halogenated alkanes) is 13. The minimum Gasteiger partial charge on any atom is -0.466 e. The zero-order valence-corrected chi connectivity index (χ0v) is 20.1. The molecule has 3 N–H and O–H groups in total. The largest absolute Gasteiger partial charge is 0.466 e. The molecule has 0 aromatic heterocycles. The minimum absolute atomic E-state index is 0.0401. The predicted molar refractivity (Wildman–Crippen MR) is 128 cm³/mol. The lowest BCUT2D eigenvalue weighted by atomic mass is 10.1. The zero-order valence-electron chi connectivity index (χ0n) is 20.1. The van der Waals surface area contributed by atoms with E-state index in [2.05, 4.69) is 11.8 Å². The van der Waals surface area contributed by atoms with E-state index in [0.717, 1.165) is 58.3 Å². The molecule has 5 nitrogen and oxygen atoms in total. The molecule has 0 aromatic rings. The van der Waals surface area contributed by atoms with Crippen LogP contribution in [-0.4, -0.2) is 55.4 Å². The average Bonchev–Trinajstić information content (AvgIpc) is 2.74. The topological polar surface area (TPSA) is 75.8 Å². The first kappa shape index (κ1) is 29.4. The summed E-state index contributed by atoms with van der Waals surface area (Å²) in [7, 11) is 0. The molecular weight excluding hydrogens is 376 g/mol. The number of hydrogen-bond donors (Lipinski definition) is 2. The molecule has 180 valence electrons. The number of esters is 1. The number of nitrogens with two attached hydrogens (primary N) is 1. The molecule has 0 unspecified atom stereocenters. The van der Waals surface area contributed by atoms with Crippen LogP contribution in [0.1, 0.15) is 116 Å². The SMILES string of the molecule is CCCCCCCCCCCOC(=O)CCCCCN(CCO)CCCCCCN. The molecule has 0 spiro atoms. The quantitative estimate of drug-likeness (QED) is 0.158. The average molecular weight is 429 g/mol. The highest BCUT2D eigenvalue weighted by Gasteiger charge is 2.06. The van der Waals surface area contributed by atoms with Gasteiger partial charge in [-0.2, -0.15) is 0 Å². The maximum Gasteiger partial charge on any atom is 0.305 e. The molecule has 0 radical (unpaired) electrons. The van der Waals surface area contributed by atoms with Crippen molar-refractivity contribution >= 4 is 5.97 Å². The molecule has 0 aliphatic carbocycles. The third kappa shape index (κ3) is 22.0. The Morgan fingerprint density at radius 2 is 1.27 bits per heavy atom. The maximum atomic E-state index is 11.8. The van der Waals surface area contributed by atoms with Crippen molar-refractivity contribution in [2.45, 2.75) is 116 Å². The molecule has 0 aliphatic heterocycles. The van der Waals surface area contributed by atoms with E-state index in [1.54, 1.807) is 0 Å². The minimum atomic E-state index is -0.0401. The molecule has 0 aromatic carbocycles. The number of aliphatic hydroxyl groups is 1. The first-order chi connectivity index (χ1) is 14.7. The molecule has 0 amide bonds. The molecule has 30 heavy (non-hydrogen) atoms. The van der Waals surface area contributed by atoms with Crippen LogP contribution in [0.3, 0.4) is 0 Å². The van der Waals surface area contributed by atoms with E-state index in [-0.39, 0.29) is 12.6 Å². The molecule has 0 bridgehead atoms. The van der Waals surface area contributed by atoms with E-state index in [1.165, 1.54) is 70.6 Å². The van der Waals surface area contributed by atoms with Gasteiger partial charge >= 0.3 is 5.97 Å². The zero-order chi connectivity index (χ0) is 22.1. The third-order valence-corrected chi connectivity index (χ3v) is 5.71. The highest BCUT2D eigenvalue weighted by atomic mass is 16.5. The predicted octanol–water partition coefficient (Wildman–Crippen LogP) is 5.43. The van der Waals surface area contributed by atoms with Crippen molar-refractivity contribution in [3.8, 4) is 0 Å². The molecule has 0 saturated carbocycles. The lowest BCUT2D eigenvalue weighted by Crippen LogP contribution is -2.29. The summed E-state index contributed by atoms with van der Waals surface area (Å²) in [5, 5.41) is 9.23. The summed E-state index contributed by atoms with van der Waals surface area (Å²) in [5.41, 5.74) is 5.53. The van der Waals surface area contributed by atoms with Crippen molar-refractivity contribution in [3.05, 3.63) is 0 Å². The van der Waals surface area contributed by atoms with Crippen molar-refractivity contribution in [1.29, 1.82) is 0 Å². The van der Waals surface area contributed by atoms with Crippen LogP contribution in [0.2, 0.25) is 0 Å². The number of nitrogens with zero attached hydrogens (tertiary/aromatic N) is 1. The Morgan fingerprint density at radius 1 is 0.733 bits per heavy atom. The number of carbonyl (C=O) groups excluding carboxylic acids is 1. The van der Waals surface area contributed by atoms with Gasteiger partial charge in [0.1, 0.15) is 0 Å². The Kier molecular flexibility index (Phi) is 24.1. The first-order valence-electron chi connectivity index (χ1n) is 12.9. The molecule has 0 fully saturated rings. The smallest absolute Gasteiger partial charge is 0.305 e. The fourth-order valence-electron chi connectivity index (χ4n) is 3.76. The van der Waals surface area contributed by atoms with Crippen LogP contribution in [-0.2, 0) is 9.53 Å². The second-order valence-electron chi connectivity index (χ2n) is 8.63. The highest BCUT2D eigenvalue weighted by molar-refractivity contribution is 5.69. The normalized spacial score (nSPS) is 11.3. The van der Waals surface area contributed by atoms with Gasteiger partial charge in [-0.15, -0.1) is 0 Å². The fraction of sp³-hybridized carbons (Fsp3) is 0.960. The molecule has 0 saturated heterocycles. The Labute approximate surface area is 187 Å². The van der Waals surface area contributed by atoms with Crippen LogP contribution in [0.25, 0.3) is 0 Å². The number of hydrogen-bond acceptors (Lipinski definition) is 5. The van der Waals surface area contributed by atoms with Crippen LogP contribution < -0.4 is 5.73 Å². The van der Waals surface area contributed by atoms with Crippen molar-refractivity contribution < 1.29 is 14.6 Å². The van der Waals surface area contributed by atoms with E-state index in [4.69, 9.17) is 10.5 Å². The molecule has 0 rings (SSSR count). The van der Waals surface area contributed by atoms with Gasteiger partial charge in [0.25, 0.3) is 0 Å². The van der Waals surface area contributed by atoms with E-state index < -0.39 is 0 Å². The summed E-state index contributed by atoms with van der Waals surface area (Å²) in [6.07, 6.45) is 19.8. The maximum absolute atomic E-state index is 11.8. The van der Waals surface area contributed by atoms with Gasteiger partial charge < -0.3 is 20.5 Å². The second-order valence-corrected chi connectivity index (χ2v) is 8.63. The number of aliphatic hydroxyl groups excluding tert-OH is 1. The van der Waals surface area contributed by atoms with Crippen LogP contribution in [0, 0.1) is 0 Å². The molecule has 5 heteroatoms. The Balaban J connectivity index is 3.47.